The number of rotatable bonds is 10. The van der Waals surface area contributed by atoms with Crippen LogP contribution >= 0.6 is 0 Å². The predicted molar refractivity (Wildman–Crippen MR) is 96.9 cm³/mol. The molecule has 0 radical (unpaired) electrons. The van der Waals surface area contributed by atoms with E-state index in [2.05, 4.69) is 25.3 Å². The average molecular weight is 306 g/mol. The van der Waals surface area contributed by atoms with E-state index in [1.165, 1.54) is 11.1 Å². The standard InChI is InChI=1S/C20H34O2/c1-8-20(22,14-10-12-17(4)5)15-18(6)19(7,21)13-9-11-16(2)3/h8,11-12,21-22H,1,6,9-10,13-15H2,2-5,7H3. The highest BCUT2D eigenvalue weighted by Gasteiger charge is 2.31. The van der Waals surface area contributed by atoms with Crippen molar-refractivity contribution in [3.05, 3.63) is 48.1 Å². The van der Waals surface area contributed by atoms with Crippen LogP contribution in [0.4, 0.5) is 0 Å². The smallest absolute Gasteiger partial charge is 0.0865 e. The maximum absolute atomic E-state index is 10.6. The van der Waals surface area contributed by atoms with Gasteiger partial charge in [-0.2, -0.15) is 0 Å². The summed E-state index contributed by atoms with van der Waals surface area (Å²) in [6.45, 7) is 17.7. The number of allylic oxidation sites excluding steroid dienone is 4. The molecule has 126 valence electrons. The van der Waals surface area contributed by atoms with Crippen LogP contribution in [-0.4, -0.2) is 21.4 Å². The molecule has 2 atom stereocenters. The molecule has 0 aromatic rings. The minimum absolute atomic E-state index is 0.342. The molecule has 0 rings (SSSR count). The van der Waals surface area contributed by atoms with Gasteiger partial charge in [0.1, 0.15) is 0 Å². The van der Waals surface area contributed by atoms with Gasteiger partial charge in [-0.15, -0.1) is 6.58 Å². The highest BCUT2D eigenvalue weighted by atomic mass is 16.3. The predicted octanol–water partition coefficient (Wildman–Crippen LogP) is 5.09. The zero-order chi connectivity index (χ0) is 17.4. The molecule has 0 aliphatic carbocycles. The average Bonchev–Trinajstić information content (AvgIpc) is 2.37. The van der Waals surface area contributed by atoms with E-state index in [0.29, 0.717) is 24.8 Å². The molecule has 0 bridgehead atoms. The van der Waals surface area contributed by atoms with Gasteiger partial charge < -0.3 is 10.2 Å². The van der Waals surface area contributed by atoms with Gasteiger partial charge >= 0.3 is 0 Å². The Morgan fingerprint density at radius 1 is 0.955 bits per heavy atom. The Balaban J connectivity index is 4.71. The van der Waals surface area contributed by atoms with Crippen molar-refractivity contribution in [1.82, 2.24) is 0 Å². The van der Waals surface area contributed by atoms with Crippen LogP contribution in [0.2, 0.25) is 0 Å². The summed E-state index contributed by atoms with van der Waals surface area (Å²) < 4.78 is 0. The van der Waals surface area contributed by atoms with Crippen molar-refractivity contribution in [2.75, 3.05) is 0 Å². The van der Waals surface area contributed by atoms with E-state index in [9.17, 15) is 10.2 Å². The molecule has 0 amide bonds. The fourth-order valence-electron chi connectivity index (χ4n) is 2.25. The monoisotopic (exact) mass is 306 g/mol. The molecule has 0 saturated carbocycles. The molecule has 0 aliphatic rings. The Morgan fingerprint density at radius 3 is 1.82 bits per heavy atom. The lowest BCUT2D eigenvalue weighted by atomic mass is 9.81. The fraction of sp³-hybridized carbons (Fsp3) is 0.600. The summed E-state index contributed by atoms with van der Waals surface area (Å²) in [4.78, 5) is 0. The minimum atomic E-state index is -1.01. The van der Waals surface area contributed by atoms with Gasteiger partial charge in [-0.3, -0.25) is 0 Å². The molecular weight excluding hydrogens is 272 g/mol. The molecule has 2 nitrogen and oxygen atoms in total. The van der Waals surface area contributed by atoms with Crippen LogP contribution in [0.1, 0.15) is 66.7 Å². The van der Waals surface area contributed by atoms with Crippen molar-refractivity contribution in [3.8, 4) is 0 Å². The van der Waals surface area contributed by atoms with E-state index in [1.54, 1.807) is 13.0 Å². The molecule has 0 fully saturated rings. The quantitative estimate of drug-likeness (QED) is 0.552. The van der Waals surface area contributed by atoms with Crippen molar-refractivity contribution in [3.63, 3.8) is 0 Å². The number of hydrogen-bond acceptors (Lipinski definition) is 2. The highest BCUT2D eigenvalue weighted by Crippen LogP contribution is 2.31. The first-order chi connectivity index (χ1) is 10.0. The molecule has 2 N–H and O–H groups in total. The Kier molecular flexibility index (Phi) is 8.65. The Labute approximate surface area is 137 Å². The normalized spacial score (nSPS) is 16.1. The minimum Gasteiger partial charge on any atom is -0.386 e. The van der Waals surface area contributed by atoms with E-state index in [4.69, 9.17) is 0 Å². The lowest BCUT2D eigenvalue weighted by Crippen LogP contribution is -2.34. The van der Waals surface area contributed by atoms with Crippen LogP contribution < -0.4 is 0 Å². The third-order valence-corrected chi connectivity index (χ3v) is 3.97. The van der Waals surface area contributed by atoms with Crippen molar-refractivity contribution in [2.45, 2.75) is 77.9 Å². The third kappa shape index (κ3) is 8.35. The summed E-state index contributed by atoms with van der Waals surface area (Å²) in [5, 5.41) is 21.2. The molecule has 0 aromatic heterocycles. The van der Waals surface area contributed by atoms with E-state index >= 15 is 0 Å². The highest BCUT2D eigenvalue weighted by molar-refractivity contribution is 5.17. The van der Waals surface area contributed by atoms with Crippen LogP contribution in [-0.2, 0) is 0 Å². The second-order valence-corrected chi connectivity index (χ2v) is 7.00. The molecule has 0 aliphatic heterocycles. The number of hydrogen-bond donors (Lipinski definition) is 2. The van der Waals surface area contributed by atoms with Crippen LogP contribution in [0.3, 0.4) is 0 Å². The molecule has 22 heavy (non-hydrogen) atoms. The molecule has 2 unspecified atom stereocenters. The topological polar surface area (TPSA) is 40.5 Å². The zero-order valence-electron chi connectivity index (χ0n) is 15.1. The first kappa shape index (κ1) is 20.9. The lowest BCUT2D eigenvalue weighted by Gasteiger charge is -2.32. The van der Waals surface area contributed by atoms with Gasteiger partial charge in [0.25, 0.3) is 0 Å². The third-order valence-electron chi connectivity index (χ3n) is 3.97. The zero-order valence-corrected chi connectivity index (χ0v) is 15.1. The van der Waals surface area contributed by atoms with Crippen LogP contribution in [0, 0.1) is 0 Å². The molecular formula is C20H34O2. The summed E-state index contributed by atoms with van der Waals surface area (Å²) in [5.41, 5.74) is 1.15. The first-order valence-electron chi connectivity index (χ1n) is 8.06. The Hall–Kier alpha value is -1.12. The SMILES string of the molecule is C=CC(O)(CCC=C(C)C)CC(=C)C(C)(O)CCC=C(C)C. The second kappa shape index (κ2) is 9.12. The summed E-state index contributed by atoms with van der Waals surface area (Å²) in [7, 11) is 0. The fourth-order valence-corrected chi connectivity index (χ4v) is 2.25. The van der Waals surface area contributed by atoms with Crippen LogP contribution in [0.15, 0.2) is 48.1 Å². The molecule has 0 spiro atoms. The van der Waals surface area contributed by atoms with Crippen molar-refractivity contribution in [2.24, 2.45) is 0 Å². The van der Waals surface area contributed by atoms with Gasteiger partial charge in [0.2, 0.25) is 0 Å². The Bertz CT molecular complexity index is 433. The van der Waals surface area contributed by atoms with Crippen LogP contribution in [0.5, 0.6) is 0 Å². The lowest BCUT2D eigenvalue weighted by molar-refractivity contribution is 0.0468. The van der Waals surface area contributed by atoms with Gasteiger partial charge in [0.15, 0.2) is 0 Å². The van der Waals surface area contributed by atoms with Gasteiger partial charge in [-0.05, 0) is 65.9 Å². The first-order valence-corrected chi connectivity index (χ1v) is 8.06. The van der Waals surface area contributed by atoms with Crippen LogP contribution in [0.25, 0.3) is 0 Å². The van der Waals surface area contributed by atoms with E-state index in [-0.39, 0.29) is 0 Å². The van der Waals surface area contributed by atoms with E-state index in [1.807, 2.05) is 27.7 Å². The summed E-state index contributed by atoms with van der Waals surface area (Å²) in [6, 6.07) is 0. The van der Waals surface area contributed by atoms with Crippen molar-refractivity contribution in [1.29, 1.82) is 0 Å². The summed E-state index contributed by atoms with van der Waals surface area (Å²) >= 11 is 0. The molecule has 2 heteroatoms. The van der Waals surface area contributed by atoms with Crippen molar-refractivity contribution >= 4 is 0 Å². The second-order valence-electron chi connectivity index (χ2n) is 7.00. The molecule has 0 heterocycles. The molecule has 0 aromatic carbocycles. The van der Waals surface area contributed by atoms with E-state index in [0.717, 1.165) is 12.8 Å². The maximum atomic E-state index is 10.6. The molecule has 0 saturated heterocycles. The largest absolute Gasteiger partial charge is 0.386 e. The maximum Gasteiger partial charge on any atom is 0.0865 e. The van der Waals surface area contributed by atoms with Gasteiger partial charge in [0.05, 0.1) is 11.2 Å². The van der Waals surface area contributed by atoms with Gasteiger partial charge in [0, 0.05) is 6.42 Å². The van der Waals surface area contributed by atoms with E-state index < -0.39 is 11.2 Å². The summed E-state index contributed by atoms with van der Waals surface area (Å²) in [5.74, 6) is 0. The summed E-state index contributed by atoms with van der Waals surface area (Å²) in [6.07, 6.45) is 8.91. The Morgan fingerprint density at radius 2 is 1.41 bits per heavy atom. The van der Waals surface area contributed by atoms with Gasteiger partial charge in [-0.25, -0.2) is 0 Å². The number of aliphatic hydroxyl groups is 2. The van der Waals surface area contributed by atoms with Gasteiger partial charge in [-0.1, -0.05) is 36.0 Å². The van der Waals surface area contributed by atoms with Crippen molar-refractivity contribution < 1.29 is 10.2 Å².